The predicted octanol–water partition coefficient (Wildman–Crippen LogP) is 5.19. The van der Waals surface area contributed by atoms with Gasteiger partial charge in [-0.1, -0.05) is 48.5 Å². The standard InChI is InChI=1S/C21H14O3/c22-18-8-4-2-6-15(18)9-11-19(23)21-13-17-16-7-3-1-5-14(16)10-12-20(17)24-21/h1-13,22H/b11-9+. The molecule has 116 valence electrons. The van der Waals surface area contributed by atoms with Crippen LogP contribution in [0.4, 0.5) is 0 Å². The quantitative estimate of drug-likeness (QED) is 0.418. The van der Waals surface area contributed by atoms with Crippen molar-refractivity contribution in [2.24, 2.45) is 0 Å². The monoisotopic (exact) mass is 314 g/mol. The van der Waals surface area contributed by atoms with Gasteiger partial charge in [0.05, 0.1) is 0 Å². The first-order valence-electron chi connectivity index (χ1n) is 7.64. The molecule has 0 fully saturated rings. The first kappa shape index (κ1) is 14.3. The van der Waals surface area contributed by atoms with Gasteiger partial charge in [0, 0.05) is 10.9 Å². The van der Waals surface area contributed by atoms with Crippen LogP contribution < -0.4 is 0 Å². The van der Waals surface area contributed by atoms with Crippen molar-refractivity contribution in [2.45, 2.75) is 0 Å². The summed E-state index contributed by atoms with van der Waals surface area (Å²) < 4.78 is 5.69. The van der Waals surface area contributed by atoms with Crippen LogP contribution in [0, 0.1) is 0 Å². The normalized spacial score (nSPS) is 11.5. The van der Waals surface area contributed by atoms with Gasteiger partial charge in [0.15, 0.2) is 5.76 Å². The lowest BCUT2D eigenvalue weighted by Gasteiger charge is -1.96. The summed E-state index contributed by atoms with van der Waals surface area (Å²) in [6.07, 6.45) is 3.00. The van der Waals surface area contributed by atoms with E-state index in [0.717, 1.165) is 16.2 Å². The molecule has 3 aromatic carbocycles. The second-order valence-electron chi connectivity index (χ2n) is 5.57. The number of hydrogen-bond donors (Lipinski definition) is 1. The first-order valence-corrected chi connectivity index (χ1v) is 7.64. The Bertz CT molecular complexity index is 1090. The Kier molecular flexibility index (Phi) is 3.39. The number of rotatable bonds is 3. The van der Waals surface area contributed by atoms with Crippen LogP contribution >= 0.6 is 0 Å². The summed E-state index contributed by atoms with van der Waals surface area (Å²) in [4.78, 5) is 12.4. The van der Waals surface area contributed by atoms with Crippen molar-refractivity contribution in [1.82, 2.24) is 0 Å². The summed E-state index contributed by atoms with van der Waals surface area (Å²) in [6, 6.07) is 20.5. The SMILES string of the molecule is O=C(/C=C/c1ccccc1O)c1cc2c(ccc3ccccc32)o1. The molecule has 3 nitrogen and oxygen atoms in total. The van der Waals surface area contributed by atoms with Crippen LogP contribution in [-0.4, -0.2) is 10.9 Å². The predicted molar refractivity (Wildman–Crippen MR) is 95.2 cm³/mol. The van der Waals surface area contributed by atoms with Crippen LogP contribution in [0.15, 0.2) is 77.2 Å². The molecule has 4 rings (SSSR count). The van der Waals surface area contributed by atoms with Crippen LogP contribution in [0.25, 0.3) is 27.8 Å². The average Bonchev–Trinajstić information content (AvgIpc) is 3.05. The molecule has 0 saturated heterocycles. The summed E-state index contributed by atoms with van der Waals surface area (Å²) >= 11 is 0. The number of hydrogen-bond acceptors (Lipinski definition) is 3. The number of carbonyl (C=O) groups is 1. The number of phenols is 1. The van der Waals surface area contributed by atoms with E-state index >= 15 is 0 Å². The van der Waals surface area contributed by atoms with E-state index in [-0.39, 0.29) is 17.3 Å². The van der Waals surface area contributed by atoms with Gasteiger partial charge in [-0.2, -0.15) is 0 Å². The summed E-state index contributed by atoms with van der Waals surface area (Å²) in [7, 11) is 0. The van der Waals surface area contributed by atoms with Crippen molar-refractivity contribution in [3.8, 4) is 5.75 Å². The molecule has 0 spiro atoms. The number of aromatic hydroxyl groups is 1. The van der Waals surface area contributed by atoms with Gasteiger partial charge in [0.1, 0.15) is 11.3 Å². The van der Waals surface area contributed by atoms with Crippen molar-refractivity contribution in [3.05, 3.63) is 84.1 Å². The number of furan rings is 1. The third-order valence-corrected chi connectivity index (χ3v) is 4.02. The molecule has 0 aliphatic rings. The first-order chi connectivity index (χ1) is 11.7. The largest absolute Gasteiger partial charge is 0.507 e. The summed E-state index contributed by atoms with van der Waals surface area (Å²) in [5.41, 5.74) is 1.28. The van der Waals surface area contributed by atoms with E-state index in [1.165, 1.54) is 6.08 Å². The maximum Gasteiger partial charge on any atom is 0.221 e. The van der Waals surface area contributed by atoms with Crippen molar-refractivity contribution in [2.75, 3.05) is 0 Å². The van der Waals surface area contributed by atoms with Gasteiger partial charge in [-0.15, -0.1) is 0 Å². The number of fused-ring (bicyclic) bond motifs is 3. The van der Waals surface area contributed by atoms with Gasteiger partial charge in [-0.25, -0.2) is 0 Å². The fourth-order valence-corrected chi connectivity index (χ4v) is 2.79. The number of ketones is 1. The Morgan fingerprint density at radius 3 is 2.58 bits per heavy atom. The zero-order chi connectivity index (χ0) is 16.5. The summed E-state index contributed by atoms with van der Waals surface area (Å²) in [6.45, 7) is 0. The van der Waals surface area contributed by atoms with Crippen molar-refractivity contribution in [3.63, 3.8) is 0 Å². The molecule has 1 heterocycles. The van der Waals surface area contributed by atoms with E-state index in [1.807, 2.05) is 36.4 Å². The Hall–Kier alpha value is -3.33. The highest BCUT2D eigenvalue weighted by atomic mass is 16.3. The molecular weight excluding hydrogens is 300 g/mol. The fraction of sp³-hybridized carbons (Fsp3) is 0. The van der Waals surface area contributed by atoms with Gasteiger partial charge in [0.2, 0.25) is 5.78 Å². The van der Waals surface area contributed by atoms with Crippen molar-refractivity contribution >= 4 is 33.6 Å². The second kappa shape index (κ2) is 5.70. The van der Waals surface area contributed by atoms with Gasteiger partial charge < -0.3 is 9.52 Å². The molecule has 1 N–H and O–H groups in total. The van der Waals surface area contributed by atoms with E-state index < -0.39 is 0 Å². The molecule has 0 bridgehead atoms. The number of phenolic OH excluding ortho intramolecular Hbond substituents is 1. The van der Waals surface area contributed by atoms with Crippen LogP contribution in [0.1, 0.15) is 16.1 Å². The molecule has 0 atom stereocenters. The molecule has 24 heavy (non-hydrogen) atoms. The minimum absolute atomic E-state index is 0.136. The molecule has 0 saturated carbocycles. The Balaban J connectivity index is 1.72. The summed E-state index contributed by atoms with van der Waals surface area (Å²) in [5.74, 6) is 0.184. The average molecular weight is 314 g/mol. The Morgan fingerprint density at radius 2 is 1.71 bits per heavy atom. The molecule has 3 heteroatoms. The summed E-state index contributed by atoms with van der Waals surface area (Å²) in [5, 5.41) is 12.8. The molecule has 4 aromatic rings. The zero-order valence-corrected chi connectivity index (χ0v) is 12.8. The van der Waals surface area contributed by atoms with E-state index in [0.29, 0.717) is 11.1 Å². The van der Waals surface area contributed by atoms with Gasteiger partial charge in [0.25, 0.3) is 0 Å². The molecule has 0 aliphatic carbocycles. The molecule has 1 aromatic heterocycles. The third-order valence-electron chi connectivity index (χ3n) is 4.02. The van der Waals surface area contributed by atoms with Gasteiger partial charge in [-0.3, -0.25) is 4.79 Å². The molecule has 0 radical (unpaired) electrons. The van der Waals surface area contributed by atoms with Crippen molar-refractivity contribution < 1.29 is 14.3 Å². The van der Waals surface area contributed by atoms with E-state index in [9.17, 15) is 9.90 Å². The van der Waals surface area contributed by atoms with Crippen LogP contribution in [0.2, 0.25) is 0 Å². The maximum absolute atomic E-state index is 12.4. The minimum Gasteiger partial charge on any atom is -0.507 e. The topological polar surface area (TPSA) is 50.4 Å². The third kappa shape index (κ3) is 2.46. The lowest BCUT2D eigenvalue weighted by Crippen LogP contribution is -1.90. The van der Waals surface area contributed by atoms with E-state index in [1.54, 1.807) is 36.4 Å². The van der Waals surface area contributed by atoms with Gasteiger partial charge >= 0.3 is 0 Å². The van der Waals surface area contributed by atoms with Crippen LogP contribution in [0.5, 0.6) is 5.75 Å². The lowest BCUT2D eigenvalue weighted by molar-refractivity contribution is 0.102. The molecule has 0 amide bonds. The fourth-order valence-electron chi connectivity index (χ4n) is 2.79. The second-order valence-corrected chi connectivity index (χ2v) is 5.57. The molecule has 0 unspecified atom stereocenters. The smallest absolute Gasteiger partial charge is 0.221 e. The number of allylic oxidation sites excluding steroid dienone is 1. The number of benzene rings is 3. The number of para-hydroxylation sites is 1. The molecular formula is C21H14O3. The van der Waals surface area contributed by atoms with Crippen LogP contribution in [0.3, 0.4) is 0 Å². The Labute approximate surface area is 138 Å². The van der Waals surface area contributed by atoms with Gasteiger partial charge in [-0.05, 0) is 41.1 Å². The minimum atomic E-state index is -0.237. The maximum atomic E-state index is 12.4. The highest BCUT2D eigenvalue weighted by molar-refractivity contribution is 6.11. The lowest BCUT2D eigenvalue weighted by atomic mass is 10.1. The highest BCUT2D eigenvalue weighted by Crippen LogP contribution is 2.28. The highest BCUT2D eigenvalue weighted by Gasteiger charge is 2.11. The van der Waals surface area contributed by atoms with Crippen LogP contribution in [-0.2, 0) is 0 Å². The zero-order valence-electron chi connectivity index (χ0n) is 12.8. The number of carbonyl (C=O) groups excluding carboxylic acids is 1. The van der Waals surface area contributed by atoms with E-state index in [4.69, 9.17) is 4.42 Å². The van der Waals surface area contributed by atoms with E-state index in [2.05, 4.69) is 0 Å². The Morgan fingerprint density at radius 1 is 0.917 bits per heavy atom. The van der Waals surface area contributed by atoms with Crippen molar-refractivity contribution in [1.29, 1.82) is 0 Å². The molecule has 0 aliphatic heterocycles.